The summed E-state index contributed by atoms with van der Waals surface area (Å²) in [5.41, 5.74) is 0.576. The normalized spacial score (nSPS) is 9.55. The Balaban J connectivity index is 2.43. The van der Waals surface area contributed by atoms with Gasteiger partial charge in [0, 0.05) is 12.5 Å². The Kier molecular flexibility index (Phi) is 3.07. The van der Waals surface area contributed by atoms with Crippen molar-refractivity contribution < 1.29 is 14.3 Å². The first-order chi connectivity index (χ1) is 5.34. The molecule has 11 heavy (non-hydrogen) atoms. The van der Waals surface area contributed by atoms with Gasteiger partial charge >= 0.3 is 5.97 Å². The summed E-state index contributed by atoms with van der Waals surface area (Å²) in [4.78, 5) is 11.0. The van der Waals surface area contributed by atoms with Crippen molar-refractivity contribution in [3.63, 3.8) is 0 Å². The number of carbonyl (C=O) groups excluding carboxylic acids is 1. The number of carbonyl (C=O) groups is 1. The highest BCUT2D eigenvalue weighted by Gasteiger charge is 2.05. The van der Waals surface area contributed by atoms with Gasteiger partial charge in [0.1, 0.15) is 0 Å². The highest BCUT2D eigenvalue weighted by Crippen LogP contribution is 2.06. The third-order valence-electron chi connectivity index (χ3n) is 1.06. The van der Waals surface area contributed by atoms with Gasteiger partial charge in [0.05, 0.1) is 5.56 Å². The van der Waals surface area contributed by atoms with E-state index in [9.17, 15) is 4.79 Å². The Bertz CT molecular complexity index is 218. The van der Waals surface area contributed by atoms with Crippen molar-refractivity contribution >= 4 is 17.3 Å². The highest BCUT2D eigenvalue weighted by molar-refractivity contribution is 7.08. The zero-order chi connectivity index (χ0) is 8.10. The minimum Gasteiger partial charge on any atom is -0.435 e. The van der Waals surface area contributed by atoms with Crippen LogP contribution in [0.2, 0.25) is 0 Å². The van der Waals surface area contributed by atoms with Crippen molar-refractivity contribution in [1.29, 1.82) is 0 Å². The smallest absolute Gasteiger partial charge is 0.341 e. The van der Waals surface area contributed by atoms with Gasteiger partial charge in [0.25, 0.3) is 0 Å². The Morgan fingerprint density at radius 3 is 3.09 bits per heavy atom. The molecule has 4 heteroatoms. The van der Waals surface area contributed by atoms with Crippen molar-refractivity contribution in [3.8, 4) is 0 Å². The molecule has 0 amide bonds. The van der Waals surface area contributed by atoms with Crippen LogP contribution in [0.1, 0.15) is 10.4 Å². The van der Waals surface area contributed by atoms with Crippen LogP contribution in [0.15, 0.2) is 16.8 Å². The average molecular weight is 172 g/mol. The SMILES string of the molecule is COCOC(=O)c1ccsc1. The summed E-state index contributed by atoms with van der Waals surface area (Å²) in [5, 5.41) is 3.56. The number of rotatable bonds is 3. The maximum atomic E-state index is 11.0. The van der Waals surface area contributed by atoms with E-state index in [4.69, 9.17) is 0 Å². The standard InChI is InChI=1S/C7H8O3S/c1-9-5-10-7(8)6-2-3-11-4-6/h2-4H,5H2,1H3. The zero-order valence-corrected chi connectivity index (χ0v) is 6.89. The molecule has 0 N–H and O–H groups in total. The van der Waals surface area contributed by atoms with Gasteiger partial charge in [0.2, 0.25) is 0 Å². The van der Waals surface area contributed by atoms with Crippen LogP contribution in [0.5, 0.6) is 0 Å². The van der Waals surface area contributed by atoms with E-state index >= 15 is 0 Å². The average Bonchev–Trinajstić information content (AvgIpc) is 2.52. The molecule has 0 fully saturated rings. The van der Waals surface area contributed by atoms with Gasteiger partial charge in [-0.25, -0.2) is 4.79 Å². The predicted octanol–water partition coefficient (Wildman–Crippen LogP) is 1.51. The molecule has 0 saturated heterocycles. The van der Waals surface area contributed by atoms with E-state index in [0.717, 1.165) is 0 Å². The Labute approximate surface area is 68.6 Å². The topological polar surface area (TPSA) is 35.5 Å². The lowest BCUT2D eigenvalue weighted by molar-refractivity contribution is -0.0124. The second-order valence-electron chi connectivity index (χ2n) is 1.85. The van der Waals surface area contributed by atoms with E-state index in [0.29, 0.717) is 5.56 Å². The molecule has 0 aliphatic carbocycles. The van der Waals surface area contributed by atoms with Crippen LogP contribution in [-0.4, -0.2) is 19.9 Å². The molecular weight excluding hydrogens is 164 g/mol. The molecule has 0 spiro atoms. The molecule has 0 aliphatic heterocycles. The molecule has 0 bridgehead atoms. The van der Waals surface area contributed by atoms with E-state index in [1.54, 1.807) is 11.4 Å². The van der Waals surface area contributed by atoms with E-state index in [1.165, 1.54) is 18.4 Å². The lowest BCUT2D eigenvalue weighted by Crippen LogP contribution is -2.05. The molecule has 1 aromatic rings. The van der Waals surface area contributed by atoms with Crippen LogP contribution < -0.4 is 0 Å². The molecule has 60 valence electrons. The number of hydrogen-bond acceptors (Lipinski definition) is 4. The summed E-state index contributed by atoms with van der Waals surface area (Å²) < 4.78 is 9.25. The minimum absolute atomic E-state index is 0.00861. The summed E-state index contributed by atoms with van der Waals surface area (Å²) in [5.74, 6) is -0.340. The summed E-state index contributed by atoms with van der Waals surface area (Å²) in [6.45, 7) is 0.00861. The van der Waals surface area contributed by atoms with E-state index in [1.807, 2.05) is 5.38 Å². The first kappa shape index (κ1) is 8.23. The van der Waals surface area contributed by atoms with Gasteiger partial charge in [-0.1, -0.05) is 0 Å². The largest absolute Gasteiger partial charge is 0.435 e. The zero-order valence-electron chi connectivity index (χ0n) is 6.07. The first-order valence-corrected chi connectivity index (χ1v) is 3.97. The Morgan fingerprint density at radius 2 is 2.55 bits per heavy atom. The number of hydrogen-bond donors (Lipinski definition) is 0. The lowest BCUT2D eigenvalue weighted by atomic mass is 10.4. The van der Waals surface area contributed by atoms with Gasteiger partial charge in [-0.05, 0) is 11.4 Å². The Morgan fingerprint density at radius 1 is 1.73 bits per heavy atom. The number of methoxy groups -OCH3 is 1. The first-order valence-electron chi connectivity index (χ1n) is 3.03. The van der Waals surface area contributed by atoms with Crippen molar-refractivity contribution in [2.45, 2.75) is 0 Å². The predicted molar refractivity (Wildman–Crippen MR) is 41.6 cm³/mol. The maximum Gasteiger partial charge on any atom is 0.341 e. The van der Waals surface area contributed by atoms with Crippen LogP contribution in [-0.2, 0) is 9.47 Å². The van der Waals surface area contributed by atoms with E-state index < -0.39 is 0 Å². The van der Waals surface area contributed by atoms with Gasteiger partial charge in [-0.15, -0.1) is 0 Å². The Hall–Kier alpha value is -0.870. The van der Waals surface area contributed by atoms with Crippen molar-refractivity contribution in [1.82, 2.24) is 0 Å². The second kappa shape index (κ2) is 4.10. The quantitative estimate of drug-likeness (QED) is 0.512. The summed E-state index contributed by atoms with van der Waals surface area (Å²) >= 11 is 1.46. The van der Waals surface area contributed by atoms with Gasteiger partial charge in [-0.2, -0.15) is 11.3 Å². The number of thiophene rings is 1. The van der Waals surface area contributed by atoms with Crippen LogP contribution in [0, 0.1) is 0 Å². The van der Waals surface area contributed by atoms with Crippen molar-refractivity contribution in [2.24, 2.45) is 0 Å². The van der Waals surface area contributed by atoms with Crippen LogP contribution in [0.4, 0.5) is 0 Å². The van der Waals surface area contributed by atoms with Gasteiger partial charge < -0.3 is 9.47 Å². The third kappa shape index (κ3) is 2.32. The highest BCUT2D eigenvalue weighted by atomic mass is 32.1. The van der Waals surface area contributed by atoms with Crippen LogP contribution >= 0.6 is 11.3 Å². The van der Waals surface area contributed by atoms with Crippen molar-refractivity contribution in [2.75, 3.05) is 13.9 Å². The molecule has 0 atom stereocenters. The summed E-state index contributed by atoms with van der Waals surface area (Å²) in [7, 11) is 1.47. The fourth-order valence-electron chi connectivity index (χ4n) is 0.576. The molecule has 0 aromatic carbocycles. The van der Waals surface area contributed by atoms with Crippen LogP contribution in [0.25, 0.3) is 0 Å². The monoisotopic (exact) mass is 172 g/mol. The van der Waals surface area contributed by atoms with E-state index in [-0.39, 0.29) is 12.8 Å². The van der Waals surface area contributed by atoms with E-state index in [2.05, 4.69) is 9.47 Å². The number of ether oxygens (including phenoxy) is 2. The molecule has 1 heterocycles. The van der Waals surface area contributed by atoms with Crippen molar-refractivity contribution in [3.05, 3.63) is 22.4 Å². The molecule has 3 nitrogen and oxygen atoms in total. The number of esters is 1. The maximum absolute atomic E-state index is 11.0. The summed E-state index contributed by atoms with van der Waals surface area (Å²) in [6, 6.07) is 1.71. The van der Waals surface area contributed by atoms with Gasteiger partial charge in [0.15, 0.2) is 6.79 Å². The molecule has 1 rings (SSSR count). The third-order valence-corrected chi connectivity index (χ3v) is 1.75. The summed E-state index contributed by atoms with van der Waals surface area (Å²) in [6.07, 6.45) is 0. The minimum atomic E-state index is -0.340. The molecule has 1 aromatic heterocycles. The lowest BCUT2D eigenvalue weighted by Gasteiger charge is -1.99. The molecule has 0 unspecified atom stereocenters. The molecule has 0 aliphatic rings. The molecule has 0 radical (unpaired) electrons. The van der Waals surface area contributed by atoms with Crippen LogP contribution in [0.3, 0.4) is 0 Å². The van der Waals surface area contributed by atoms with Gasteiger partial charge in [-0.3, -0.25) is 0 Å². The fraction of sp³-hybridized carbons (Fsp3) is 0.286. The molecule has 0 saturated carbocycles. The molecular formula is C7H8O3S. The fourth-order valence-corrected chi connectivity index (χ4v) is 1.20. The second-order valence-corrected chi connectivity index (χ2v) is 2.63.